The van der Waals surface area contributed by atoms with Gasteiger partial charge in [-0.05, 0) is 143 Å². The smallest absolute Gasteiger partial charge is 0.661 e. The molecule has 0 saturated carbocycles. The molecule has 0 amide bonds. The van der Waals surface area contributed by atoms with Crippen molar-refractivity contribution in [2.24, 2.45) is 20.0 Å². The fraction of sp³-hybridized carbons (Fsp3) is 0.515. The Labute approximate surface area is 492 Å². The van der Waals surface area contributed by atoms with Crippen molar-refractivity contribution in [3.63, 3.8) is 0 Å². The summed E-state index contributed by atoms with van der Waals surface area (Å²) in [7, 11) is 0. The number of aryl methyl sites for hydroxylation is 12. The SMILES string of the molecule is CC(/C=C(/C)[N-]c1c(C)cc(C)cc1C)=Nc1c(C)cc(C)cc1C.CC(/C=C(/C)[N-]c1c(C)cc(C)cc1C)=Nc1c(C)cc(C)cc1C.CC(C)N=C[N-]C(C)C.CC(C)N=C[N-]C(C)C.CCCCCC.[Zn+2].[Zn+2]. The summed E-state index contributed by atoms with van der Waals surface area (Å²) in [5.41, 5.74) is 23.0. The molecule has 0 unspecified atom stereocenters. The van der Waals surface area contributed by atoms with Crippen LogP contribution in [0.25, 0.3) is 21.3 Å². The summed E-state index contributed by atoms with van der Waals surface area (Å²) in [6.45, 7) is 54.3. The average molecular weight is 1140 g/mol. The van der Waals surface area contributed by atoms with E-state index in [0.717, 1.165) is 45.6 Å². The van der Waals surface area contributed by atoms with Crippen molar-refractivity contribution in [1.82, 2.24) is 0 Å². The molecule has 0 fully saturated rings. The van der Waals surface area contributed by atoms with Gasteiger partial charge in [0, 0.05) is 11.4 Å². The minimum absolute atomic E-state index is 0. The van der Waals surface area contributed by atoms with Crippen molar-refractivity contribution >= 4 is 46.8 Å². The molecule has 0 aliphatic heterocycles. The number of rotatable bonds is 17. The van der Waals surface area contributed by atoms with E-state index in [-0.39, 0.29) is 39.0 Å². The summed E-state index contributed by atoms with van der Waals surface area (Å²) in [4.78, 5) is 17.8. The molecule has 8 nitrogen and oxygen atoms in total. The van der Waals surface area contributed by atoms with Crippen LogP contribution in [-0.4, -0.2) is 48.3 Å². The Morgan fingerprint density at radius 2 is 0.645 bits per heavy atom. The number of unbranched alkanes of at least 4 members (excludes halogenated alkanes) is 3. The third-order valence-electron chi connectivity index (χ3n) is 10.9. The first kappa shape index (κ1) is 75.7. The normalized spacial score (nSPS) is 11.7. The van der Waals surface area contributed by atoms with Crippen molar-refractivity contribution in [3.05, 3.63) is 160 Å². The Balaban J connectivity index is -0.000000971. The minimum Gasteiger partial charge on any atom is -0.661 e. The molecule has 410 valence electrons. The standard InChI is InChI=1S/2C23H29N2.2C7H15N2.C6H14.2Zn/c2*1-14-9-16(3)22(17(4)10-14)24-20(7)13-21(8)25-23-18(5)11-15(2)12-19(23)6;2*1-6(2)8-5-9-7(3)4;1-3-5-6-4-2;;/h2*9-13H,1-8H3;2*5-7H,1-4H3;3-6H2,1-2H3;;/q4*-1;;2*+2/b2*20-13-,25-21?;;;;;. The Hall–Kier alpha value is -4.51. The van der Waals surface area contributed by atoms with Crippen molar-refractivity contribution < 1.29 is 39.0 Å². The molecule has 0 heterocycles. The average Bonchev–Trinajstić information content (AvgIpc) is 3.25. The van der Waals surface area contributed by atoms with Crippen LogP contribution in [0.15, 0.2) is 92.0 Å². The third-order valence-corrected chi connectivity index (χ3v) is 10.9. The van der Waals surface area contributed by atoms with Gasteiger partial charge in [0.05, 0.1) is 11.4 Å². The number of hydrogen-bond acceptors (Lipinski definition) is 4. The van der Waals surface area contributed by atoms with E-state index < -0.39 is 0 Å². The van der Waals surface area contributed by atoms with Gasteiger partial charge >= 0.3 is 39.0 Å². The van der Waals surface area contributed by atoms with Gasteiger partial charge in [-0.15, -0.1) is 24.1 Å². The van der Waals surface area contributed by atoms with Gasteiger partial charge < -0.3 is 31.3 Å². The van der Waals surface area contributed by atoms with E-state index in [4.69, 9.17) is 20.6 Å². The van der Waals surface area contributed by atoms with E-state index in [1.54, 1.807) is 12.7 Å². The van der Waals surface area contributed by atoms with Gasteiger partial charge in [-0.3, -0.25) is 9.98 Å². The maximum absolute atomic E-state index is 4.82. The van der Waals surface area contributed by atoms with E-state index in [9.17, 15) is 0 Å². The van der Waals surface area contributed by atoms with Crippen LogP contribution >= 0.6 is 0 Å². The maximum atomic E-state index is 4.82. The Kier molecular flexibility index (Phi) is 40.5. The first-order valence-corrected chi connectivity index (χ1v) is 27.2. The van der Waals surface area contributed by atoms with Gasteiger partial charge in [0.25, 0.3) is 0 Å². The van der Waals surface area contributed by atoms with Crippen molar-refractivity contribution in [1.29, 1.82) is 0 Å². The van der Waals surface area contributed by atoms with Crippen LogP contribution in [-0.2, 0) is 39.0 Å². The van der Waals surface area contributed by atoms with Gasteiger partial charge in [-0.2, -0.15) is 11.4 Å². The van der Waals surface area contributed by atoms with E-state index in [2.05, 4.69) is 178 Å². The monoisotopic (exact) mass is 1130 g/mol. The van der Waals surface area contributed by atoms with Crippen LogP contribution in [0.1, 0.15) is 189 Å². The summed E-state index contributed by atoms with van der Waals surface area (Å²) in [5, 5.41) is 17.8. The number of aliphatic imine (C=N–C) groups is 4. The van der Waals surface area contributed by atoms with E-state index in [0.29, 0.717) is 24.2 Å². The zero-order valence-corrected chi connectivity index (χ0v) is 59.0. The fourth-order valence-corrected chi connectivity index (χ4v) is 7.94. The topological polar surface area (TPSA) is 106 Å². The molecule has 76 heavy (non-hydrogen) atoms. The first-order valence-electron chi connectivity index (χ1n) is 27.2. The quantitative estimate of drug-likeness (QED) is 0.0435. The fourth-order valence-electron chi connectivity index (χ4n) is 7.94. The third kappa shape index (κ3) is 33.6. The second-order valence-corrected chi connectivity index (χ2v) is 21.2. The van der Waals surface area contributed by atoms with Crippen LogP contribution in [0.4, 0.5) is 22.7 Å². The Bertz CT molecular complexity index is 2240. The van der Waals surface area contributed by atoms with Crippen LogP contribution in [0.3, 0.4) is 0 Å². The van der Waals surface area contributed by atoms with Gasteiger partial charge in [0.15, 0.2) is 0 Å². The van der Waals surface area contributed by atoms with Gasteiger partial charge in [0.2, 0.25) is 0 Å². The molecule has 0 atom stereocenters. The molecule has 4 aromatic carbocycles. The predicted octanol–water partition coefficient (Wildman–Crippen LogP) is 21.5. The van der Waals surface area contributed by atoms with E-state index in [1.807, 2.05) is 83.1 Å². The molecule has 0 radical (unpaired) electrons. The number of hydrogen-bond donors (Lipinski definition) is 0. The molecule has 4 aromatic rings. The summed E-state index contributed by atoms with van der Waals surface area (Å²) >= 11 is 0. The number of benzene rings is 4. The molecule has 0 aliphatic carbocycles. The molecule has 0 N–H and O–H groups in total. The molecule has 4 rings (SSSR count). The van der Waals surface area contributed by atoms with Crippen LogP contribution in [0.5, 0.6) is 0 Å². The Morgan fingerprint density at radius 1 is 0.408 bits per heavy atom. The summed E-state index contributed by atoms with van der Waals surface area (Å²) < 4.78 is 0. The first-order chi connectivity index (χ1) is 34.5. The molecule has 0 bridgehead atoms. The largest absolute Gasteiger partial charge is 2.00 e. The Morgan fingerprint density at radius 3 is 0.855 bits per heavy atom. The second-order valence-electron chi connectivity index (χ2n) is 21.2. The van der Waals surface area contributed by atoms with Crippen LogP contribution in [0.2, 0.25) is 0 Å². The maximum Gasteiger partial charge on any atom is 2.00 e. The summed E-state index contributed by atoms with van der Waals surface area (Å²) in [6.07, 6.45) is 12.9. The van der Waals surface area contributed by atoms with Crippen LogP contribution < -0.4 is 0 Å². The number of nitrogens with zero attached hydrogens (tertiary/aromatic N) is 8. The van der Waals surface area contributed by atoms with E-state index >= 15 is 0 Å². The molecular formula is C66H102N8Zn2. The molecule has 0 saturated heterocycles. The predicted molar refractivity (Wildman–Crippen MR) is 336 cm³/mol. The van der Waals surface area contributed by atoms with E-state index in [1.165, 1.54) is 92.4 Å². The second kappa shape index (κ2) is 40.7. The number of allylic oxidation sites excluding steroid dienone is 4. The molecule has 10 heteroatoms. The molecule has 0 aromatic heterocycles. The summed E-state index contributed by atoms with van der Waals surface area (Å²) in [6, 6.07) is 18.9. The molecule has 0 aliphatic rings. The van der Waals surface area contributed by atoms with Gasteiger partial charge in [0.1, 0.15) is 0 Å². The molecular weight excluding hydrogens is 1040 g/mol. The zero-order valence-electron chi connectivity index (χ0n) is 53.1. The molecule has 0 spiro atoms. The van der Waals surface area contributed by atoms with Crippen molar-refractivity contribution in [3.8, 4) is 0 Å². The van der Waals surface area contributed by atoms with Crippen molar-refractivity contribution in [2.75, 3.05) is 0 Å². The van der Waals surface area contributed by atoms with Gasteiger partial charge in [-0.1, -0.05) is 214 Å². The van der Waals surface area contributed by atoms with Crippen LogP contribution in [0, 0.1) is 83.1 Å². The van der Waals surface area contributed by atoms with Gasteiger partial charge in [-0.25, -0.2) is 0 Å². The zero-order chi connectivity index (χ0) is 56.8. The van der Waals surface area contributed by atoms with Crippen molar-refractivity contribution in [2.45, 2.75) is 230 Å². The minimum atomic E-state index is 0. The summed E-state index contributed by atoms with van der Waals surface area (Å²) in [5.74, 6) is 0.